The monoisotopic (exact) mass is 525 g/mol. The number of halogens is 1. The fourth-order valence-electron chi connectivity index (χ4n) is 4.41. The minimum Gasteiger partial charge on any atom is -0.374 e. The first-order chi connectivity index (χ1) is 16.4. The van der Waals surface area contributed by atoms with Crippen LogP contribution < -0.4 is 16.0 Å². The molecule has 2 aromatic carbocycles. The highest BCUT2D eigenvalue weighted by molar-refractivity contribution is 9.10. The zero-order valence-corrected chi connectivity index (χ0v) is 20.1. The minimum atomic E-state index is -0.516. The Hall–Kier alpha value is -3.53. The standard InChI is InChI=1S/C24H24BrN5O4/c1-26-23(31)17-10-15(25)11-21(30(33)34)22(17)28-19-8-4-5-9-20(19)29-24(32)18-13-27-12-14-6-2-3-7-16(14)18/h2-3,6-7,10-13,19-20,28H,4-5,8-9H2,1H3,(H,26,31)(H,29,32)/t19-,20+/m0/s1. The predicted molar refractivity (Wildman–Crippen MR) is 133 cm³/mol. The number of aromatic nitrogens is 1. The Balaban J connectivity index is 1.64. The maximum absolute atomic E-state index is 13.2. The second-order valence-corrected chi connectivity index (χ2v) is 9.12. The summed E-state index contributed by atoms with van der Waals surface area (Å²) in [6.07, 6.45) is 6.48. The molecule has 0 unspecified atom stereocenters. The molecule has 1 aliphatic carbocycles. The molecule has 1 aliphatic rings. The average molecular weight is 526 g/mol. The van der Waals surface area contributed by atoms with Crippen LogP contribution in [0.3, 0.4) is 0 Å². The summed E-state index contributed by atoms with van der Waals surface area (Å²) in [5.41, 5.74) is 0.577. The molecule has 1 fully saturated rings. The molecule has 10 heteroatoms. The molecule has 3 N–H and O–H groups in total. The van der Waals surface area contributed by atoms with Gasteiger partial charge in [0, 0.05) is 47.5 Å². The number of fused-ring (bicyclic) bond motifs is 1. The lowest BCUT2D eigenvalue weighted by Gasteiger charge is -2.34. The van der Waals surface area contributed by atoms with Gasteiger partial charge in [-0.15, -0.1) is 0 Å². The van der Waals surface area contributed by atoms with Crippen molar-refractivity contribution in [1.82, 2.24) is 15.6 Å². The largest absolute Gasteiger partial charge is 0.374 e. The van der Waals surface area contributed by atoms with Crippen LogP contribution in [0.25, 0.3) is 10.8 Å². The Morgan fingerprint density at radius 3 is 2.53 bits per heavy atom. The van der Waals surface area contributed by atoms with E-state index in [1.165, 1.54) is 13.1 Å². The van der Waals surface area contributed by atoms with Gasteiger partial charge in [-0.3, -0.25) is 24.7 Å². The van der Waals surface area contributed by atoms with E-state index in [1.54, 1.807) is 18.5 Å². The van der Waals surface area contributed by atoms with Crippen LogP contribution in [0.1, 0.15) is 46.4 Å². The van der Waals surface area contributed by atoms with Crippen molar-refractivity contribution >= 4 is 49.9 Å². The molecular formula is C24H24BrN5O4. The SMILES string of the molecule is CNC(=O)c1cc(Br)cc([N+](=O)[O-])c1N[C@H]1CCCC[C@H]1NC(=O)c1cncc2ccccc12. The van der Waals surface area contributed by atoms with Gasteiger partial charge in [0.1, 0.15) is 5.69 Å². The Kier molecular flexibility index (Phi) is 7.06. The number of carbonyl (C=O) groups excluding carboxylic acids is 2. The van der Waals surface area contributed by atoms with Gasteiger partial charge in [0.25, 0.3) is 17.5 Å². The van der Waals surface area contributed by atoms with E-state index in [9.17, 15) is 19.7 Å². The number of nitrogens with one attached hydrogen (secondary N) is 3. The average Bonchev–Trinajstić information content (AvgIpc) is 2.84. The lowest BCUT2D eigenvalue weighted by atomic mass is 9.89. The fraction of sp³-hybridized carbons (Fsp3) is 0.292. The van der Waals surface area contributed by atoms with Crippen molar-refractivity contribution in [2.75, 3.05) is 12.4 Å². The van der Waals surface area contributed by atoms with Crippen LogP contribution in [0.4, 0.5) is 11.4 Å². The molecule has 0 spiro atoms. The summed E-state index contributed by atoms with van der Waals surface area (Å²) in [4.78, 5) is 41.2. The fourth-order valence-corrected chi connectivity index (χ4v) is 4.85. The summed E-state index contributed by atoms with van der Waals surface area (Å²) >= 11 is 3.25. The number of nitro groups is 1. The molecule has 0 saturated heterocycles. The number of nitro benzene ring substituents is 1. The molecule has 3 aromatic rings. The minimum absolute atomic E-state index is 0.144. The summed E-state index contributed by atoms with van der Waals surface area (Å²) in [6, 6.07) is 9.89. The predicted octanol–water partition coefficient (Wildman–Crippen LogP) is 4.42. The van der Waals surface area contributed by atoms with Gasteiger partial charge in [-0.05, 0) is 24.3 Å². The Morgan fingerprint density at radius 2 is 1.79 bits per heavy atom. The molecule has 1 aromatic heterocycles. The highest BCUT2D eigenvalue weighted by Crippen LogP contribution is 2.35. The first-order valence-electron chi connectivity index (χ1n) is 11.0. The lowest BCUT2D eigenvalue weighted by molar-refractivity contribution is -0.384. The first kappa shape index (κ1) is 23.6. The summed E-state index contributed by atoms with van der Waals surface area (Å²) in [5, 5.41) is 22.3. The molecular weight excluding hydrogens is 502 g/mol. The van der Waals surface area contributed by atoms with E-state index in [2.05, 4.69) is 36.9 Å². The van der Waals surface area contributed by atoms with Gasteiger partial charge >= 0.3 is 0 Å². The molecule has 9 nitrogen and oxygen atoms in total. The number of pyridine rings is 1. The van der Waals surface area contributed by atoms with E-state index in [0.717, 1.165) is 23.6 Å². The molecule has 0 aliphatic heterocycles. The molecule has 34 heavy (non-hydrogen) atoms. The Labute approximate surface area is 204 Å². The number of rotatable bonds is 6. The third-order valence-corrected chi connectivity index (χ3v) is 6.53. The second-order valence-electron chi connectivity index (χ2n) is 8.21. The van der Waals surface area contributed by atoms with Crippen LogP contribution in [0, 0.1) is 10.1 Å². The van der Waals surface area contributed by atoms with Crippen molar-refractivity contribution in [1.29, 1.82) is 0 Å². The van der Waals surface area contributed by atoms with Crippen molar-refractivity contribution in [3.05, 3.63) is 74.5 Å². The van der Waals surface area contributed by atoms with Crippen LogP contribution >= 0.6 is 15.9 Å². The molecule has 1 saturated carbocycles. The zero-order valence-electron chi connectivity index (χ0n) is 18.5. The zero-order chi connectivity index (χ0) is 24.2. The lowest BCUT2D eigenvalue weighted by Crippen LogP contribution is -2.48. The normalized spacial score (nSPS) is 17.7. The number of hydrogen-bond donors (Lipinski definition) is 3. The third-order valence-electron chi connectivity index (χ3n) is 6.08. The number of nitrogens with zero attached hydrogens (tertiary/aromatic N) is 2. The summed E-state index contributed by atoms with van der Waals surface area (Å²) in [7, 11) is 1.47. The van der Waals surface area contributed by atoms with Crippen LogP contribution in [-0.4, -0.2) is 40.9 Å². The van der Waals surface area contributed by atoms with E-state index in [-0.39, 0.29) is 34.9 Å². The summed E-state index contributed by atoms with van der Waals surface area (Å²) < 4.78 is 0.431. The van der Waals surface area contributed by atoms with E-state index < -0.39 is 10.8 Å². The van der Waals surface area contributed by atoms with Gasteiger partial charge in [-0.2, -0.15) is 0 Å². The number of anilines is 1. The summed E-state index contributed by atoms with van der Waals surface area (Å²) in [5.74, 6) is -0.690. The van der Waals surface area contributed by atoms with E-state index in [1.807, 2.05) is 24.3 Å². The van der Waals surface area contributed by atoms with Crippen molar-refractivity contribution in [3.8, 4) is 0 Å². The molecule has 0 radical (unpaired) electrons. The molecule has 2 atom stereocenters. The number of amides is 2. The topological polar surface area (TPSA) is 126 Å². The van der Waals surface area contributed by atoms with E-state index in [4.69, 9.17) is 0 Å². The molecule has 4 rings (SSSR count). The van der Waals surface area contributed by atoms with Gasteiger partial charge < -0.3 is 16.0 Å². The molecule has 0 bridgehead atoms. The van der Waals surface area contributed by atoms with Crippen molar-refractivity contribution < 1.29 is 14.5 Å². The molecule has 1 heterocycles. The van der Waals surface area contributed by atoms with Crippen LogP contribution in [0.15, 0.2) is 53.3 Å². The highest BCUT2D eigenvalue weighted by Gasteiger charge is 2.31. The van der Waals surface area contributed by atoms with Crippen molar-refractivity contribution in [3.63, 3.8) is 0 Å². The maximum atomic E-state index is 13.2. The quantitative estimate of drug-likeness (QED) is 0.323. The Morgan fingerprint density at radius 1 is 1.06 bits per heavy atom. The van der Waals surface area contributed by atoms with Crippen LogP contribution in [0.2, 0.25) is 0 Å². The van der Waals surface area contributed by atoms with Crippen LogP contribution in [-0.2, 0) is 0 Å². The van der Waals surface area contributed by atoms with Gasteiger partial charge in [0.05, 0.1) is 16.1 Å². The van der Waals surface area contributed by atoms with Gasteiger partial charge in [0.15, 0.2) is 0 Å². The van der Waals surface area contributed by atoms with E-state index >= 15 is 0 Å². The Bertz CT molecular complexity index is 1260. The number of carbonyl (C=O) groups is 2. The van der Waals surface area contributed by atoms with Gasteiger partial charge in [-0.1, -0.05) is 53.0 Å². The second kappa shape index (κ2) is 10.2. The number of benzene rings is 2. The van der Waals surface area contributed by atoms with E-state index in [0.29, 0.717) is 22.9 Å². The molecule has 2 amide bonds. The third kappa shape index (κ3) is 4.86. The summed E-state index contributed by atoms with van der Waals surface area (Å²) in [6.45, 7) is 0. The first-order valence-corrected chi connectivity index (χ1v) is 11.8. The maximum Gasteiger partial charge on any atom is 0.294 e. The van der Waals surface area contributed by atoms with Gasteiger partial charge in [0.2, 0.25) is 0 Å². The van der Waals surface area contributed by atoms with Crippen LogP contribution in [0.5, 0.6) is 0 Å². The molecule has 176 valence electrons. The van der Waals surface area contributed by atoms with Crippen molar-refractivity contribution in [2.45, 2.75) is 37.8 Å². The number of hydrogen-bond acceptors (Lipinski definition) is 6. The highest BCUT2D eigenvalue weighted by atomic mass is 79.9. The smallest absolute Gasteiger partial charge is 0.294 e. The van der Waals surface area contributed by atoms with Crippen molar-refractivity contribution in [2.24, 2.45) is 0 Å². The van der Waals surface area contributed by atoms with Gasteiger partial charge in [-0.25, -0.2) is 0 Å².